The Morgan fingerprint density at radius 2 is 1.69 bits per heavy atom. The van der Waals surface area contributed by atoms with E-state index in [2.05, 4.69) is 33.9 Å². The number of hydrogen-bond acceptors (Lipinski definition) is 1. The first kappa shape index (κ1) is 13.2. The van der Waals surface area contributed by atoms with E-state index in [4.69, 9.17) is 4.43 Å². The molecule has 0 saturated carbocycles. The SMILES string of the molecule is [CH2-][Si](C)(OC)C(CC)(CC)CCC. The van der Waals surface area contributed by atoms with Crippen molar-refractivity contribution in [3.8, 4) is 0 Å². The van der Waals surface area contributed by atoms with Gasteiger partial charge < -0.3 is 11.0 Å². The molecule has 0 amide bonds. The molecule has 0 N–H and O–H groups in total. The van der Waals surface area contributed by atoms with E-state index < -0.39 is 8.32 Å². The van der Waals surface area contributed by atoms with Crippen molar-refractivity contribution in [2.45, 2.75) is 58.0 Å². The van der Waals surface area contributed by atoms with Crippen LogP contribution in [0, 0.1) is 6.55 Å². The van der Waals surface area contributed by atoms with Gasteiger partial charge in [-0.1, -0.05) is 53.0 Å². The maximum absolute atomic E-state index is 5.67. The molecule has 0 saturated heterocycles. The molecule has 0 radical (unpaired) electrons. The van der Waals surface area contributed by atoms with Crippen LogP contribution in [0.4, 0.5) is 0 Å². The van der Waals surface area contributed by atoms with Crippen LogP contribution in [0.3, 0.4) is 0 Å². The second kappa shape index (κ2) is 5.16. The van der Waals surface area contributed by atoms with Gasteiger partial charge in [-0.05, 0) is 5.04 Å². The van der Waals surface area contributed by atoms with Gasteiger partial charge in [0.1, 0.15) is 0 Å². The minimum Gasteiger partial charge on any atom is -0.451 e. The van der Waals surface area contributed by atoms with Gasteiger partial charge in [-0.2, -0.15) is 0 Å². The third kappa shape index (κ3) is 2.56. The molecule has 0 aromatic rings. The summed E-state index contributed by atoms with van der Waals surface area (Å²) in [6, 6.07) is 0. The Labute approximate surface area is 85.0 Å². The fraction of sp³-hybridized carbons (Fsp3) is 0.909. The minimum atomic E-state index is -1.73. The normalized spacial score (nSPS) is 17.1. The van der Waals surface area contributed by atoms with Crippen LogP contribution >= 0.6 is 0 Å². The summed E-state index contributed by atoms with van der Waals surface area (Å²) in [6.45, 7) is 13.4. The molecule has 0 aromatic heterocycles. The van der Waals surface area contributed by atoms with Crippen LogP contribution in [0.15, 0.2) is 0 Å². The van der Waals surface area contributed by atoms with E-state index >= 15 is 0 Å². The highest BCUT2D eigenvalue weighted by molar-refractivity contribution is 6.77. The average Bonchev–Trinajstić information content (AvgIpc) is 2.14. The van der Waals surface area contributed by atoms with E-state index in [1.807, 2.05) is 7.11 Å². The standard InChI is InChI=1S/C11H25OSi/c1-7-10-11(8-2,9-3)13(5,6)12-4/h5,7-10H2,1-4,6H3/q-1. The maximum Gasteiger partial charge on any atom is 0.0442 e. The molecular weight excluding hydrogens is 176 g/mol. The molecule has 13 heavy (non-hydrogen) atoms. The highest BCUT2D eigenvalue weighted by atomic mass is 28.4. The molecular formula is C11H25OSi-. The van der Waals surface area contributed by atoms with Crippen molar-refractivity contribution in [3.63, 3.8) is 0 Å². The number of hydrogen-bond donors (Lipinski definition) is 0. The molecule has 0 aromatic carbocycles. The molecule has 0 heterocycles. The monoisotopic (exact) mass is 201 g/mol. The van der Waals surface area contributed by atoms with Gasteiger partial charge >= 0.3 is 0 Å². The first-order valence-electron chi connectivity index (χ1n) is 5.40. The van der Waals surface area contributed by atoms with Crippen molar-refractivity contribution < 1.29 is 4.43 Å². The molecule has 0 fully saturated rings. The van der Waals surface area contributed by atoms with E-state index in [1.54, 1.807) is 0 Å². The van der Waals surface area contributed by atoms with Crippen LogP contribution in [-0.2, 0) is 4.43 Å². The first-order valence-corrected chi connectivity index (χ1v) is 8.01. The second-order valence-electron chi connectivity index (χ2n) is 4.17. The van der Waals surface area contributed by atoms with Crippen LogP contribution in [0.2, 0.25) is 11.6 Å². The van der Waals surface area contributed by atoms with Gasteiger partial charge in [-0.25, -0.2) is 0 Å². The van der Waals surface area contributed by atoms with Gasteiger partial charge in [0.05, 0.1) is 0 Å². The fourth-order valence-electron chi connectivity index (χ4n) is 2.31. The van der Waals surface area contributed by atoms with Crippen LogP contribution in [0.25, 0.3) is 0 Å². The zero-order chi connectivity index (χ0) is 10.5. The van der Waals surface area contributed by atoms with E-state index in [9.17, 15) is 0 Å². The summed E-state index contributed by atoms with van der Waals surface area (Å²) in [6.07, 6.45) is 4.91. The van der Waals surface area contributed by atoms with Crippen molar-refractivity contribution >= 4 is 8.32 Å². The summed E-state index contributed by atoms with van der Waals surface area (Å²) in [5, 5.41) is 0.385. The average molecular weight is 201 g/mol. The molecule has 0 spiro atoms. The molecule has 2 heteroatoms. The van der Waals surface area contributed by atoms with Crippen molar-refractivity contribution in [2.75, 3.05) is 7.11 Å². The van der Waals surface area contributed by atoms with Crippen LogP contribution in [0.1, 0.15) is 46.5 Å². The second-order valence-corrected chi connectivity index (χ2v) is 8.10. The Morgan fingerprint density at radius 3 is 1.92 bits per heavy atom. The van der Waals surface area contributed by atoms with Gasteiger partial charge in [0.25, 0.3) is 0 Å². The third-order valence-electron chi connectivity index (χ3n) is 3.65. The summed E-state index contributed by atoms with van der Waals surface area (Å²) in [7, 11) is 0.100. The van der Waals surface area contributed by atoms with Crippen LogP contribution in [-0.4, -0.2) is 15.4 Å². The van der Waals surface area contributed by atoms with Gasteiger partial charge in [-0.15, -0.1) is 0 Å². The highest BCUT2D eigenvalue weighted by Crippen LogP contribution is 2.48. The molecule has 1 nitrogen and oxygen atoms in total. The van der Waals surface area contributed by atoms with E-state index in [1.165, 1.54) is 25.7 Å². The van der Waals surface area contributed by atoms with Crippen molar-refractivity contribution in [2.24, 2.45) is 0 Å². The molecule has 0 aliphatic heterocycles. The molecule has 0 bridgehead atoms. The summed E-state index contributed by atoms with van der Waals surface area (Å²) in [5.41, 5.74) is 0. The maximum atomic E-state index is 5.67. The van der Waals surface area contributed by atoms with Gasteiger partial charge in [-0.3, -0.25) is 0 Å². The fourth-order valence-corrected chi connectivity index (χ4v) is 5.02. The lowest BCUT2D eigenvalue weighted by Crippen LogP contribution is -2.45. The first-order chi connectivity index (χ1) is 5.99. The largest absolute Gasteiger partial charge is 0.451 e. The Kier molecular flexibility index (Phi) is 5.23. The Bertz CT molecular complexity index is 139. The van der Waals surface area contributed by atoms with Crippen LogP contribution in [0.5, 0.6) is 0 Å². The lowest BCUT2D eigenvalue weighted by molar-refractivity contribution is 0.329. The summed E-state index contributed by atoms with van der Waals surface area (Å²) >= 11 is 0. The zero-order valence-corrected chi connectivity index (χ0v) is 10.9. The Morgan fingerprint density at radius 1 is 1.23 bits per heavy atom. The van der Waals surface area contributed by atoms with Crippen molar-refractivity contribution in [1.29, 1.82) is 0 Å². The summed E-state index contributed by atoms with van der Waals surface area (Å²) in [5.74, 6) is 0. The lowest BCUT2D eigenvalue weighted by atomic mass is 9.96. The van der Waals surface area contributed by atoms with Gasteiger partial charge in [0.15, 0.2) is 0 Å². The zero-order valence-electron chi connectivity index (χ0n) is 9.94. The van der Waals surface area contributed by atoms with Crippen molar-refractivity contribution in [3.05, 3.63) is 6.55 Å². The topological polar surface area (TPSA) is 9.23 Å². The molecule has 0 rings (SSSR count). The predicted molar refractivity (Wildman–Crippen MR) is 62.2 cm³/mol. The van der Waals surface area contributed by atoms with Crippen molar-refractivity contribution in [1.82, 2.24) is 0 Å². The van der Waals surface area contributed by atoms with E-state index in [0.717, 1.165) is 0 Å². The molecule has 0 aliphatic rings. The molecule has 1 atom stereocenters. The molecule has 0 aliphatic carbocycles. The van der Waals surface area contributed by atoms with Gasteiger partial charge in [0.2, 0.25) is 0 Å². The third-order valence-corrected chi connectivity index (χ3v) is 7.76. The quantitative estimate of drug-likeness (QED) is 0.467. The predicted octanol–water partition coefficient (Wildman–Crippen LogP) is 3.94. The summed E-state index contributed by atoms with van der Waals surface area (Å²) in [4.78, 5) is 0. The number of rotatable bonds is 6. The van der Waals surface area contributed by atoms with E-state index in [0.29, 0.717) is 5.04 Å². The summed E-state index contributed by atoms with van der Waals surface area (Å²) < 4.78 is 5.67. The smallest absolute Gasteiger partial charge is 0.0442 e. The highest BCUT2D eigenvalue weighted by Gasteiger charge is 2.38. The molecule has 80 valence electrons. The van der Waals surface area contributed by atoms with Crippen LogP contribution < -0.4 is 0 Å². The Hall–Kier alpha value is 0.177. The Balaban J connectivity index is 4.73. The van der Waals surface area contributed by atoms with E-state index in [-0.39, 0.29) is 0 Å². The lowest BCUT2D eigenvalue weighted by Gasteiger charge is -2.49. The van der Waals surface area contributed by atoms with Gasteiger partial charge in [0, 0.05) is 15.4 Å². The molecule has 1 unspecified atom stereocenters. The minimum absolute atomic E-state index is 0.385.